The van der Waals surface area contributed by atoms with E-state index in [0.717, 1.165) is 40.3 Å². The van der Waals surface area contributed by atoms with E-state index in [4.69, 9.17) is 23.8 Å². The van der Waals surface area contributed by atoms with Crippen molar-refractivity contribution in [3.63, 3.8) is 0 Å². The predicted molar refractivity (Wildman–Crippen MR) is 163 cm³/mol. The number of anilines is 1. The number of aromatic hydroxyl groups is 1. The maximum atomic E-state index is 13.1. The minimum Gasteiger partial charge on any atom is -0.506 e. The zero-order valence-electron chi connectivity index (χ0n) is 22.7. The van der Waals surface area contributed by atoms with Crippen molar-refractivity contribution in [3.8, 4) is 11.4 Å². The van der Waals surface area contributed by atoms with Crippen LogP contribution in [-0.4, -0.2) is 37.1 Å². The number of para-hydroxylation sites is 1. The van der Waals surface area contributed by atoms with Crippen LogP contribution in [-0.2, 0) is 11.2 Å². The summed E-state index contributed by atoms with van der Waals surface area (Å²) in [5.41, 5.74) is 6.31. The van der Waals surface area contributed by atoms with Gasteiger partial charge in [0.2, 0.25) is 5.91 Å². The maximum absolute atomic E-state index is 13.1. The molecule has 0 unspecified atom stereocenters. The molecule has 1 amide bonds. The highest BCUT2D eigenvalue weighted by molar-refractivity contribution is 7.80. The number of hydrogen-bond acceptors (Lipinski definition) is 4. The highest BCUT2D eigenvalue weighted by Gasteiger charge is 2.41. The summed E-state index contributed by atoms with van der Waals surface area (Å²) >= 11 is 12.1. The number of thiocarbonyl (C=S) groups is 1. The van der Waals surface area contributed by atoms with E-state index in [9.17, 15) is 9.90 Å². The monoisotopic (exact) mass is 573 g/mol. The molecule has 4 aromatic rings. The highest BCUT2D eigenvalue weighted by Crippen LogP contribution is 2.42. The van der Waals surface area contributed by atoms with Crippen molar-refractivity contribution < 1.29 is 9.90 Å². The van der Waals surface area contributed by atoms with Gasteiger partial charge < -0.3 is 25.2 Å². The van der Waals surface area contributed by atoms with Gasteiger partial charge in [-0.15, -0.1) is 0 Å². The molecule has 3 heterocycles. The molecule has 1 saturated heterocycles. The van der Waals surface area contributed by atoms with Crippen LogP contribution < -0.4 is 10.6 Å². The Balaban J connectivity index is 1.49. The highest BCUT2D eigenvalue weighted by atomic mass is 35.5. The van der Waals surface area contributed by atoms with E-state index < -0.39 is 0 Å². The minimum atomic E-state index is -0.223. The molecule has 206 valence electrons. The van der Waals surface area contributed by atoms with Crippen molar-refractivity contribution >= 4 is 40.5 Å². The SMILES string of the molecule is CCc1ccccc1NC(=O)CCN1C(=S)N[C@H](c2ccccn2)[C@@H]1c1cc(C)n(-c2cc(Cl)ccc2O)c1C. The number of benzene rings is 2. The first-order valence-electron chi connectivity index (χ1n) is 13.3. The topological polar surface area (TPSA) is 82.4 Å². The fraction of sp³-hybridized carbons (Fsp3) is 0.258. The predicted octanol–water partition coefficient (Wildman–Crippen LogP) is 6.41. The molecule has 1 fully saturated rings. The van der Waals surface area contributed by atoms with Crippen LogP contribution in [0, 0.1) is 13.8 Å². The van der Waals surface area contributed by atoms with Crippen molar-refractivity contribution in [1.82, 2.24) is 19.8 Å². The number of carbonyl (C=O) groups is 1. The lowest BCUT2D eigenvalue weighted by Gasteiger charge is -2.28. The lowest BCUT2D eigenvalue weighted by Crippen LogP contribution is -2.33. The standard InChI is InChI=1S/C31H32ClN5O2S/c1-4-21-9-5-6-10-24(21)34-28(39)14-16-36-30(29(35-31(36)40)25-11-7-8-15-33-25)23-17-19(2)37(20(23)3)26-18-22(32)12-13-27(26)38/h5-13,15,17-18,29-30,38H,4,14,16H2,1-3H3,(H,34,39)(H,35,40)/t29-,30+/m1/s1. The van der Waals surface area contributed by atoms with E-state index in [-0.39, 0.29) is 30.2 Å². The van der Waals surface area contributed by atoms with Crippen LogP contribution in [0.4, 0.5) is 5.69 Å². The summed E-state index contributed by atoms with van der Waals surface area (Å²) < 4.78 is 2.00. The minimum absolute atomic E-state index is 0.0712. The van der Waals surface area contributed by atoms with Gasteiger partial charge in [-0.2, -0.15) is 0 Å². The van der Waals surface area contributed by atoms with Gasteiger partial charge in [0.25, 0.3) is 0 Å². The molecule has 5 rings (SSSR count). The van der Waals surface area contributed by atoms with Gasteiger partial charge >= 0.3 is 0 Å². The molecule has 0 spiro atoms. The molecule has 2 atom stereocenters. The van der Waals surface area contributed by atoms with Crippen molar-refractivity contribution in [2.24, 2.45) is 0 Å². The molecule has 3 N–H and O–H groups in total. The van der Waals surface area contributed by atoms with Crippen LogP contribution in [0.5, 0.6) is 5.75 Å². The number of hydrogen-bond donors (Lipinski definition) is 3. The Hall–Kier alpha value is -3.88. The maximum Gasteiger partial charge on any atom is 0.226 e. The summed E-state index contributed by atoms with van der Waals surface area (Å²) in [6, 6.07) is 20.4. The molecule has 0 aliphatic carbocycles. The number of rotatable bonds is 8. The van der Waals surface area contributed by atoms with E-state index in [1.165, 1.54) is 0 Å². The molecule has 1 aliphatic rings. The number of aromatic nitrogens is 2. The number of halogens is 1. The summed E-state index contributed by atoms with van der Waals surface area (Å²) in [6.07, 6.45) is 2.87. The van der Waals surface area contributed by atoms with E-state index in [0.29, 0.717) is 22.4 Å². The third-order valence-electron chi connectivity index (χ3n) is 7.42. The van der Waals surface area contributed by atoms with Gasteiger partial charge in [0, 0.05) is 41.3 Å². The van der Waals surface area contributed by atoms with Gasteiger partial charge in [-0.05, 0) is 86.1 Å². The third-order valence-corrected chi connectivity index (χ3v) is 8.00. The second-order valence-corrected chi connectivity index (χ2v) is 10.7. The lowest BCUT2D eigenvalue weighted by atomic mass is 9.96. The average molecular weight is 574 g/mol. The molecular formula is C31H32ClN5O2S. The van der Waals surface area contributed by atoms with Gasteiger partial charge in [-0.3, -0.25) is 9.78 Å². The summed E-state index contributed by atoms with van der Waals surface area (Å²) in [4.78, 5) is 19.8. The van der Waals surface area contributed by atoms with Gasteiger partial charge in [-0.25, -0.2) is 0 Å². The third kappa shape index (κ3) is 5.42. The summed E-state index contributed by atoms with van der Waals surface area (Å²) in [7, 11) is 0. The Kier molecular flexibility index (Phi) is 8.09. The number of phenolic OH excluding ortho intramolecular Hbond substituents is 1. The quantitative estimate of drug-likeness (QED) is 0.211. The van der Waals surface area contributed by atoms with Gasteiger partial charge in [0.15, 0.2) is 5.11 Å². The molecule has 0 saturated carbocycles. The Labute approximate surface area is 244 Å². The zero-order valence-corrected chi connectivity index (χ0v) is 24.3. The number of aryl methyl sites for hydroxylation is 2. The number of nitrogens with zero attached hydrogens (tertiary/aromatic N) is 3. The number of nitrogens with one attached hydrogen (secondary N) is 2. The second-order valence-electron chi connectivity index (χ2n) is 9.92. The van der Waals surface area contributed by atoms with Gasteiger partial charge in [0.05, 0.1) is 23.5 Å². The van der Waals surface area contributed by atoms with Crippen molar-refractivity contribution in [2.75, 3.05) is 11.9 Å². The zero-order chi connectivity index (χ0) is 28.4. The number of amides is 1. The smallest absolute Gasteiger partial charge is 0.226 e. The Bertz CT molecular complexity index is 1550. The van der Waals surface area contributed by atoms with Crippen molar-refractivity contribution in [1.29, 1.82) is 0 Å². The van der Waals surface area contributed by atoms with Crippen LogP contribution in [0.3, 0.4) is 0 Å². The van der Waals surface area contributed by atoms with Crippen LogP contribution in [0.15, 0.2) is 72.9 Å². The molecule has 0 bridgehead atoms. The van der Waals surface area contributed by atoms with Crippen LogP contribution in [0.2, 0.25) is 5.02 Å². The van der Waals surface area contributed by atoms with Crippen LogP contribution in [0.25, 0.3) is 5.69 Å². The van der Waals surface area contributed by atoms with Gasteiger partial charge in [0.1, 0.15) is 5.75 Å². The summed E-state index contributed by atoms with van der Waals surface area (Å²) in [5.74, 6) is 0.0676. The Morgan fingerprint density at radius 1 is 1.12 bits per heavy atom. The largest absolute Gasteiger partial charge is 0.506 e. The molecule has 40 heavy (non-hydrogen) atoms. The van der Waals surface area contributed by atoms with Crippen molar-refractivity contribution in [2.45, 2.75) is 45.7 Å². The fourth-order valence-corrected chi connectivity index (χ4v) is 6.00. The van der Waals surface area contributed by atoms with Crippen LogP contribution in [0.1, 0.15) is 53.6 Å². The summed E-state index contributed by atoms with van der Waals surface area (Å²) in [5, 5.41) is 18.3. The van der Waals surface area contributed by atoms with Gasteiger partial charge in [-0.1, -0.05) is 42.8 Å². The number of carbonyl (C=O) groups excluding carboxylic acids is 1. The number of pyridine rings is 1. The lowest BCUT2D eigenvalue weighted by molar-refractivity contribution is -0.116. The molecule has 7 nitrogen and oxygen atoms in total. The first-order chi connectivity index (χ1) is 19.3. The fourth-order valence-electron chi connectivity index (χ4n) is 5.50. The average Bonchev–Trinajstić information content (AvgIpc) is 3.43. The number of phenols is 1. The normalized spacial score (nSPS) is 16.7. The molecule has 9 heteroatoms. The molecule has 1 aliphatic heterocycles. The molecule has 2 aromatic heterocycles. The Morgan fingerprint density at radius 3 is 2.65 bits per heavy atom. The van der Waals surface area contributed by atoms with E-state index >= 15 is 0 Å². The van der Waals surface area contributed by atoms with Crippen LogP contribution >= 0.6 is 23.8 Å². The van der Waals surface area contributed by atoms with E-state index in [1.54, 1.807) is 24.4 Å². The molecule has 2 aromatic carbocycles. The van der Waals surface area contributed by atoms with E-state index in [1.807, 2.05) is 60.9 Å². The summed E-state index contributed by atoms with van der Waals surface area (Å²) in [6.45, 7) is 6.51. The second kappa shape index (κ2) is 11.7. The molecule has 0 radical (unpaired) electrons. The molecular weight excluding hydrogens is 542 g/mol. The first kappa shape index (κ1) is 27.7. The Morgan fingerprint density at radius 2 is 1.90 bits per heavy atom. The first-order valence-corrected chi connectivity index (χ1v) is 14.1. The van der Waals surface area contributed by atoms with E-state index in [2.05, 4.69) is 33.5 Å². The van der Waals surface area contributed by atoms with Crippen molar-refractivity contribution in [3.05, 3.63) is 106 Å².